The van der Waals surface area contributed by atoms with Gasteiger partial charge in [-0.1, -0.05) is 18.1 Å². The Morgan fingerprint density at radius 1 is 1.28 bits per heavy atom. The van der Waals surface area contributed by atoms with Gasteiger partial charge in [0.1, 0.15) is 0 Å². The number of aromatic nitrogens is 3. The Kier molecular flexibility index (Phi) is 3.37. The lowest BCUT2D eigenvalue weighted by molar-refractivity contribution is 0.199. The molecule has 1 aromatic rings. The van der Waals surface area contributed by atoms with Crippen LogP contribution in [0.3, 0.4) is 0 Å². The molecule has 0 spiro atoms. The molecule has 2 aliphatic rings. The molecule has 2 saturated carbocycles. The molecule has 1 heterocycles. The van der Waals surface area contributed by atoms with Crippen LogP contribution in [0.4, 0.5) is 0 Å². The third-order valence-electron chi connectivity index (χ3n) is 4.86. The van der Waals surface area contributed by atoms with Crippen LogP contribution in [0, 0.1) is 5.92 Å². The van der Waals surface area contributed by atoms with E-state index in [1.165, 1.54) is 49.9 Å². The molecule has 0 aliphatic heterocycles. The van der Waals surface area contributed by atoms with Crippen LogP contribution in [-0.2, 0) is 6.54 Å². The first-order valence-electron chi connectivity index (χ1n) is 7.39. The molecule has 2 aliphatic carbocycles. The Hall–Kier alpha value is -0.900. The fourth-order valence-electron chi connectivity index (χ4n) is 3.15. The molecule has 100 valence electrons. The molecule has 1 aromatic heterocycles. The summed E-state index contributed by atoms with van der Waals surface area (Å²) in [4.78, 5) is 0. The van der Waals surface area contributed by atoms with Crippen molar-refractivity contribution in [2.45, 2.75) is 64.0 Å². The summed E-state index contributed by atoms with van der Waals surface area (Å²) in [6.07, 6.45) is 8.14. The Morgan fingerprint density at radius 2 is 2.00 bits per heavy atom. The maximum Gasteiger partial charge on any atom is 0.0999 e. The van der Waals surface area contributed by atoms with Crippen LogP contribution in [0.15, 0.2) is 0 Å². The lowest BCUT2D eigenvalue weighted by atomic mass is 9.78. The summed E-state index contributed by atoms with van der Waals surface area (Å²) in [5, 5.41) is 12.1. The topological polar surface area (TPSA) is 42.7 Å². The van der Waals surface area contributed by atoms with E-state index in [4.69, 9.17) is 0 Å². The molecule has 1 atom stereocenters. The molecule has 4 heteroatoms. The second kappa shape index (κ2) is 5.00. The third-order valence-corrected chi connectivity index (χ3v) is 4.86. The number of hydrogen-bond acceptors (Lipinski definition) is 3. The molecule has 2 fully saturated rings. The van der Waals surface area contributed by atoms with Gasteiger partial charge in [0.25, 0.3) is 0 Å². The largest absolute Gasteiger partial charge is 0.314 e. The summed E-state index contributed by atoms with van der Waals surface area (Å²) < 4.78 is 2.25. The van der Waals surface area contributed by atoms with Gasteiger partial charge in [-0.3, -0.25) is 0 Å². The van der Waals surface area contributed by atoms with Gasteiger partial charge in [0.05, 0.1) is 17.4 Å². The number of nitrogens with one attached hydrogen (secondary N) is 1. The van der Waals surface area contributed by atoms with Gasteiger partial charge in [-0.2, -0.15) is 0 Å². The van der Waals surface area contributed by atoms with Crippen molar-refractivity contribution in [3.8, 4) is 0 Å². The van der Waals surface area contributed by atoms with E-state index in [0.717, 1.165) is 12.5 Å². The van der Waals surface area contributed by atoms with Gasteiger partial charge in [-0.15, -0.1) is 5.10 Å². The van der Waals surface area contributed by atoms with Crippen molar-refractivity contribution >= 4 is 0 Å². The third kappa shape index (κ3) is 1.96. The van der Waals surface area contributed by atoms with Crippen LogP contribution < -0.4 is 5.32 Å². The van der Waals surface area contributed by atoms with E-state index in [1.807, 2.05) is 7.05 Å². The van der Waals surface area contributed by atoms with Crippen molar-refractivity contribution in [1.29, 1.82) is 0 Å². The van der Waals surface area contributed by atoms with Crippen LogP contribution in [0.2, 0.25) is 0 Å². The van der Waals surface area contributed by atoms with E-state index in [9.17, 15) is 0 Å². The molecule has 0 radical (unpaired) electrons. The summed E-state index contributed by atoms with van der Waals surface area (Å²) in [6.45, 7) is 3.17. The van der Waals surface area contributed by atoms with E-state index in [0.29, 0.717) is 12.0 Å². The normalized spacial score (nSPS) is 22.6. The lowest BCUT2D eigenvalue weighted by Gasteiger charge is -2.34. The Bertz CT molecular complexity index is 404. The highest BCUT2D eigenvalue weighted by Crippen LogP contribution is 2.41. The fourth-order valence-corrected chi connectivity index (χ4v) is 3.15. The van der Waals surface area contributed by atoms with Crippen LogP contribution >= 0.6 is 0 Å². The maximum atomic E-state index is 4.47. The zero-order valence-corrected chi connectivity index (χ0v) is 11.5. The molecule has 0 aromatic carbocycles. The fraction of sp³-hybridized carbons (Fsp3) is 0.857. The van der Waals surface area contributed by atoms with Gasteiger partial charge in [-0.25, -0.2) is 4.68 Å². The molecular weight excluding hydrogens is 224 g/mol. The standard InChI is InChI=1S/C14H24N4/c1-10(11-5-3-6-11)18-14(12-7-4-8-12)13(9-15-2)16-17-18/h10-12,15H,3-9H2,1-2H3. The Morgan fingerprint density at radius 3 is 2.50 bits per heavy atom. The summed E-state index contributed by atoms with van der Waals surface area (Å²) in [5.74, 6) is 1.54. The average molecular weight is 248 g/mol. The molecule has 4 nitrogen and oxygen atoms in total. The number of nitrogens with zero attached hydrogens (tertiary/aromatic N) is 3. The van der Waals surface area contributed by atoms with Gasteiger partial charge < -0.3 is 5.32 Å². The number of rotatable bonds is 5. The molecule has 18 heavy (non-hydrogen) atoms. The SMILES string of the molecule is CNCc1nnn(C(C)C2CCC2)c1C1CCC1. The van der Waals surface area contributed by atoms with Crippen molar-refractivity contribution in [3.05, 3.63) is 11.4 Å². The van der Waals surface area contributed by atoms with E-state index in [1.54, 1.807) is 0 Å². The summed E-state index contributed by atoms with van der Waals surface area (Å²) in [5.41, 5.74) is 2.60. The highest BCUT2D eigenvalue weighted by atomic mass is 15.4. The van der Waals surface area contributed by atoms with Crippen LogP contribution in [-0.4, -0.2) is 22.0 Å². The minimum Gasteiger partial charge on any atom is -0.314 e. The van der Waals surface area contributed by atoms with Crippen molar-refractivity contribution in [2.24, 2.45) is 5.92 Å². The molecule has 1 unspecified atom stereocenters. The molecule has 0 amide bonds. The molecule has 1 N–H and O–H groups in total. The van der Waals surface area contributed by atoms with Crippen molar-refractivity contribution < 1.29 is 0 Å². The van der Waals surface area contributed by atoms with Gasteiger partial charge in [-0.05, 0) is 45.6 Å². The zero-order valence-electron chi connectivity index (χ0n) is 11.5. The van der Waals surface area contributed by atoms with Crippen molar-refractivity contribution in [1.82, 2.24) is 20.3 Å². The monoisotopic (exact) mass is 248 g/mol. The van der Waals surface area contributed by atoms with Crippen molar-refractivity contribution in [3.63, 3.8) is 0 Å². The second-order valence-corrected chi connectivity index (χ2v) is 5.96. The minimum absolute atomic E-state index is 0.535. The van der Waals surface area contributed by atoms with Gasteiger partial charge in [0.15, 0.2) is 0 Å². The molecule has 0 saturated heterocycles. The van der Waals surface area contributed by atoms with Crippen molar-refractivity contribution in [2.75, 3.05) is 7.05 Å². The Balaban J connectivity index is 1.87. The molecule has 3 rings (SSSR count). The predicted octanol–water partition coefficient (Wildman–Crippen LogP) is 2.63. The van der Waals surface area contributed by atoms with Crippen LogP contribution in [0.25, 0.3) is 0 Å². The highest BCUT2D eigenvalue weighted by Gasteiger charge is 2.32. The van der Waals surface area contributed by atoms with Gasteiger partial charge in [0, 0.05) is 12.5 Å². The summed E-state index contributed by atoms with van der Waals surface area (Å²) in [6, 6.07) is 0.535. The van der Waals surface area contributed by atoms with Crippen LogP contribution in [0.1, 0.15) is 68.8 Å². The maximum absolute atomic E-state index is 4.47. The minimum atomic E-state index is 0.535. The van der Waals surface area contributed by atoms with Crippen LogP contribution in [0.5, 0.6) is 0 Å². The second-order valence-electron chi connectivity index (χ2n) is 5.96. The molecule has 0 bridgehead atoms. The summed E-state index contributed by atoms with van der Waals surface area (Å²) >= 11 is 0. The quantitative estimate of drug-likeness (QED) is 0.871. The van der Waals surface area contributed by atoms with E-state index in [2.05, 4.69) is 27.2 Å². The zero-order chi connectivity index (χ0) is 12.5. The smallest absolute Gasteiger partial charge is 0.0999 e. The lowest BCUT2D eigenvalue weighted by Crippen LogP contribution is -2.27. The molecular formula is C14H24N4. The van der Waals surface area contributed by atoms with Gasteiger partial charge >= 0.3 is 0 Å². The first-order chi connectivity index (χ1) is 8.81. The number of hydrogen-bond donors (Lipinski definition) is 1. The van der Waals surface area contributed by atoms with E-state index in [-0.39, 0.29) is 0 Å². The Labute approximate surface area is 109 Å². The van der Waals surface area contributed by atoms with E-state index < -0.39 is 0 Å². The first-order valence-corrected chi connectivity index (χ1v) is 7.39. The highest BCUT2D eigenvalue weighted by molar-refractivity contribution is 5.19. The predicted molar refractivity (Wildman–Crippen MR) is 71.4 cm³/mol. The average Bonchev–Trinajstić information content (AvgIpc) is 2.58. The first kappa shape index (κ1) is 12.2. The van der Waals surface area contributed by atoms with E-state index >= 15 is 0 Å². The van der Waals surface area contributed by atoms with Gasteiger partial charge in [0.2, 0.25) is 0 Å². The summed E-state index contributed by atoms with van der Waals surface area (Å²) in [7, 11) is 1.99.